The largest absolute Gasteiger partial charge is 0.495 e. The summed E-state index contributed by atoms with van der Waals surface area (Å²) in [5.41, 5.74) is 1.04. The number of nitrogens with one attached hydrogen (secondary N) is 1. The standard InChI is InChI=1S/C20H23ClN4O4/c1-29-19-5-3-2-4-17(19)24-12-10-23(11-13-24)9-8-22-20(26)15-6-7-16(21)18(14-15)25(27)28/h2-7,14H,8-13H2,1H3,(H,22,26). The lowest BCUT2D eigenvalue weighted by Gasteiger charge is -2.36. The van der Waals surface area contributed by atoms with E-state index in [0.717, 1.165) is 37.6 Å². The van der Waals surface area contributed by atoms with Crippen molar-refractivity contribution in [3.8, 4) is 5.75 Å². The molecular weight excluding hydrogens is 396 g/mol. The van der Waals surface area contributed by atoms with Gasteiger partial charge in [0.1, 0.15) is 10.8 Å². The molecule has 0 aliphatic carbocycles. The maximum Gasteiger partial charge on any atom is 0.288 e. The number of carbonyl (C=O) groups is 1. The number of hydrogen-bond donors (Lipinski definition) is 1. The van der Waals surface area contributed by atoms with Crippen molar-refractivity contribution < 1.29 is 14.5 Å². The zero-order valence-corrected chi connectivity index (χ0v) is 16.9. The molecule has 1 heterocycles. The monoisotopic (exact) mass is 418 g/mol. The first-order valence-corrected chi connectivity index (χ1v) is 9.70. The maximum atomic E-state index is 12.3. The van der Waals surface area contributed by atoms with Crippen molar-refractivity contribution in [1.82, 2.24) is 10.2 Å². The molecular formula is C20H23ClN4O4. The van der Waals surface area contributed by atoms with Crippen molar-refractivity contribution in [2.45, 2.75) is 0 Å². The number of nitro groups is 1. The third-order valence-corrected chi connectivity index (χ3v) is 5.24. The average Bonchev–Trinajstić information content (AvgIpc) is 2.74. The minimum Gasteiger partial charge on any atom is -0.495 e. The van der Waals surface area contributed by atoms with Crippen molar-refractivity contribution in [3.63, 3.8) is 0 Å². The second-order valence-corrected chi connectivity index (χ2v) is 7.09. The van der Waals surface area contributed by atoms with E-state index in [2.05, 4.69) is 21.2 Å². The number of rotatable bonds is 7. The second kappa shape index (κ2) is 9.58. The van der Waals surface area contributed by atoms with Crippen LogP contribution in [0.5, 0.6) is 5.75 Å². The van der Waals surface area contributed by atoms with Gasteiger partial charge in [0, 0.05) is 50.9 Å². The second-order valence-electron chi connectivity index (χ2n) is 6.68. The van der Waals surface area contributed by atoms with E-state index in [1.165, 1.54) is 18.2 Å². The lowest BCUT2D eigenvalue weighted by Crippen LogP contribution is -2.48. The molecule has 1 amide bonds. The number of para-hydroxylation sites is 2. The predicted molar refractivity (Wildman–Crippen MR) is 112 cm³/mol. The molecule has 1 aliphatic heterocycles. The number of methoxy groups -OCH3 is 1. The van der Waals surface area contributed by atoms with Crippen LogP contribution in [0, 0.1) is 10.1 Å². The SMILES string of the molecule is COc1ccccc1N1CCN(CCNC(=O)c2ccc(Cl)c([N+](=O)[O-])c2)CC1. The highest BCUT2D eigenvalue weighted by atomic mass is 35.5. The van der Waals surface area contributed by atoms with Gasteiger partial charge in [-0.1, -0.05) is 23.7 Å². The number of halogens is 1. The number of hydrogen-bond acceptors (Lipinski definition) is 6. The van der Waals surface area contributed by atoms with Gasteiger partial charge in [0.25, 0.3) is 11.6 Å². The first-order chi connectivity index (χ1) is 14.0. The van der Waals surface area contributed by atoms with Crippen molar-refractivity contribution >= 4 is 28.9 Å². The van der Waals surface area contributed by atoms with E-state index in [-0.39, 0.29) is 22.2 Å². The predicted octanol–water partition coefficient (Wildman–Crippen LogP) is 2.81. The maximum absolute atomic E-state index is 12.3. The highest BCUT2D eigenvalue weighted by molar-refractivity contribution is 6.32. The minimum absolute atomic E-state index is 0.0134. The number of ether oxygens (including phenoxy) is 1. The third-order valence-electron chi connectivity index (χ3n) is 4.92. The number of anilines is 1. The molecule has 29 heavy (non-hydrogen) atoms. The molecule has 0 unspecified atom stereocenters. The molecule has 154 valence electrons. The highest BCUT2D eigenvalue weighted by Crippen LogP contribution is 2.28. The van der Waals surface area contributed by atoms with Gasteiger partial charge in [0.05, 0.1) is 17.7 Å². The van der Waals surface area contributed by atoms with E-state index in [1.54, 1.807) is 7.11 Å². The molecule has 3 rings (SSSR count). The summed E-state index contributed by atoms with van der Waals surface area (Å²) in [6.07, 6.45) is 0. The zero-order valence-electron chi connectivity index (χ0n) is 16.1. The van der Waals surface area contributed by atoms with Gasteiger partial charge >= 0.3 is 0 Å². The molecule has 0 spiro atoms. The minimum atomic E-state index is -0.597. The molecule has 8 nitrogen and oxygen atoms in total. The molecule has 0 radical (unpaired) electrons. The van der Waals surface area contributed by atoms with Gasteiger partial charge in [0.2, 0.25) is 0 Å². The third kappa shape index (κ3) is 5.16. The van der Waals surface area contributed by atoms with Crippen molar-refractivity contribution in [2.75, 3.05) is 51.3 Å². The van der Waals surface area contributed by atoms with E-state index >= 15 is 0 Å². The molecule has 0 atom stereocenters. The molecule has 1 N–H and O–H groups in total. The van der Waals surface area contributed by atoms with Gasteiger partial charge in [-0.05, 0) is 24.3 Å². The Hall–Kier alpha value is -2.84. The van der Waals surface area contributed by atoms with E-state index < -0.39 is 4.92 Å². The first kappa shape index (κ1) is 20.9. The molecule has 2 aromatic rings. The average molecular weight is 419 g/mol. The Morgan fingerprint density at radius 1 is 1.21 bits per heavy atom. The summed E-state index contributed by atoms with van der Waals surface area (Å²) in [6.45, 7) is 4.67. The molecule has 1 aliphatic rings. The van der Waals surface area contributed by atoms with Crippen LogP contribution >= 0.6 is 11.6 Å². The lowest BCUT2D eigenvalue weighted by molar-refractivity contribution is -0.384. The van der Waals surface area contributed by atoms with Crippen LogP contribution in [-0.2, 0) is 0 Å². The van der Waals surface area contributed by atoms with E-state index in [4.69, 9.17) is 16.3 Å². The summed E-state index contributed by atoms with van der Waals surface area (Å²) in [6, 6.07) is 12.0. The summed E-state index contributed by atoms with van der Waals surface area (Å²) in [5.74, 6) is 0.516. The summed E-state index contributed by atoms with van der Waals surface area (Å²) in [7, 11) is 1.67. The zero-order chi connectivity index (χ0) is 20.8. The smallest absolute Gasteiger partial charge is 0.288 e. The number of carbonyl (C=O) groups excluding carboxylic acids is 1. The molecule has 1 fully saturated rings. The molecule has 0 saturated carbocycles. The summed E-state index contributed by atoms with van der Waals surface area (Å²) >= 11 is 5.78. The Labute approximate surface area is 174 Å². The Morgan fingerprint density at radius 2 is 1.93 bits per heavy atom. The Bertz CT molecular complexity index is 885. The van der Waals surface area contributed by atoms with Crippen molar-refractivity contribution in [1.29, 1.82) is 0 Å². The number of piperazine rings is 1. The van der Waals surface area contributed by atoms with Gasteiger partial charge in [-0.2, -0.15) is 0 Å². The van der Waals surface area contributed by atoms with Gasteiger partial charge in [-0.15, -0.1) is 0 Å². The summed E-state index contributed by atoms with van der Waals surface area (Å²) in [5, 5.41) is 13.8. The van der Waals surface area contributed by atoms with Gasteiger partial charge in [0.15, 0.2) is 0 Å². The fourth-order valence-electron chi connectivity index (χ4n) is 3.33. The molecule has 9 heteroatoms. The Balaban J connectivity index is 1.47. The quantitative estimate of drug-likeness (QED) is 0.549. The van der Waals surface area contributed by atoms with Crippen LogP contribution in [0.3, 0.4) is 0 Å². The van der Waals surface area contributed by atoms with Crippen molar-refractivity contribution in [3.05, 3.63) is 63.2 Å². The number of amides is 1. The van der Waals surface area contributed by atoms with Crippen LogP contribution in [0.15, 0.2) is 42.5 Å². The summed E-state index contributed by atoms with van der Waals surface area (Å²) < 4.78 is 5.44. The molecule has 0 bridgehead atoms. The molecule has 1 saturated heterocycles. The highest BCUT2D eigenvalue weighted by Gasteiger charge is 2.20. The van der Waals surface area contributed by atoms with Gasteiger partial charge < -0.3 is 15.0 Å². The van der Waals surface area contributed by atoms with Crippen LogP contribution in [0.1, 0.15) is 10.4 Å². The Kier molecular flexibility index (Phi) is 6.90. The molecule has 2 aromatic carbocycles. The van der Waals surface area contributed by atoms with Crippen molar-refractivity contribution in [2.24, 2.45) is 0 Å². The van der Waals surface area contributed by atoms with Crippen LogP contribution in [0.2, 0.25) is 5.02 Å². The van der Waals surface area contributed by atoms with Crippen LogP contribution in [0.25, 0.3) is 0 Å². The lowest BCUT2D eigenvalue weighted by atomic mass is 10.2. The van der Waals surface area contributed by atoms with Gasteiger partial charge in [-0.3, -0.25) is 19.8 Å². The number of nitro benzene ring substituents is 1. The van der Waals surface area contributed by atoms with Gasteiger partial charge in [-0.25, -0.2) is 0 Å². The Morgan fingerprint density at radius 3 is 2.62 bits per heavy atom. The van der Waals surface area contributed by atoms with E-state index in [9.17, 15) is 14.9 Å². The topological polar surface area (TPSA) is 88.0 Å². The first-order valence-electron chi connectivity index (χ1n) is 9.32. The fourth-order valence-corrected chi connectivity index (χ4v) is 3.51. The van der Waals surface area contributed by atoms with E-state index in [1.807, 2.05) is 18.2 Å². The number of nitrogens with zero attached hydrogens (tertiary/aromatic N) is 3. The normalized spacial score (nSPS) is 14.5. The fraction of sp³-hybridized carbons (Fsp3) is 0.350. The van der Waals surface area contributed by atoms with Crippen LogP contribution in [0.4, 0.5) is 11.4 Å². The van der Waals surface area contributed by atoms with Crippen LogP contribution < -0.4 is 15.0 Å². The summed E-state index contributed by atoms with van der Waals surface area (Å²) in [4.78, 5) is 27.2. The molecule has 0 aromatic heterocycles. The van der Waals surface area contributed by atoms with Crippen LogP contribution in [-0.4, -0.2) is 62.1 Å². The number of benzene rings is 2. The van der Waals surface area contributed by atoms with E-state index in [0.29, 0.717) is 13.1 Å².